The molecule has 6 nitrogen and oxygen atoms in total. The molecule has 2 N–H and O–H groups in total. The lowest BCUT2D eigenvalue weighted by Crippen LogP contribution is -2.26. The summed E-state index contributed by atoms with van der Waals surface area (Å²) in [6, 6.07) is 21.4. The van der Waals surface area contributed by atoms with Crippen LogP contribution < -0.4 is 4.74 Å². The van der Waals surface area contributed by atoms with Gasteiger partial charge in [0.25, 0.3) is 0 Å². The third-order valence-electron chi connectivity index (χ3n) is 5.90. The number of aliphatic carboxylic acids is 2. The molecular formula is C36H34O6S2. The third kappa shape index (κ3) is 12.9. The molecule has 0 aliphatic carbocycles. The van der Waals surface area contributed by atoms with Crippen molar-refractivity contribution in [1.82, 2.24) is 0 Å². The highest BCUT2D eigenvalue weighted by molar-refractivity contribution is 7.99. The van der Waals surface area contributed by atoms with Crippen molar-refractivity contribution in [2.45, 2.75) is 36.2 Å². The van der Waals surface area contributed by atoms with Crippen molar-refractivity contribution in [3.05, 3.63) is 113 Å². The molecule has 1 unspecified atom stereocenters. The normalized spacial score (nSPS) is 11.4. The maximum Gasteiger partial charge on any atom is 0.341 e. The van der Waals surface area contributed by atoms with E-state index in [1.54, 1.807) is 36.5 Å². The van der Waals surface area contributed by atoms with Gasteiger partial charge < -0.3 is 19.7 Å². The highest BCUT2D eigenvalue weighted by Gasteiger charge is 2.17. The van der Waals surface area contributed by atoms with Crippen molar-refractivity contribution in [3.8, 4) is 29.4 Å². The average Bonchev–Trinajstić information content (AvgIpc) is 3.01. The predicted octanol–water partition coefficient (Wildman–Crippen LogP) is 6.89. The zero-order valence-electron chi connectivity index (χ0n) is 24.6. The van der Waals surface area contributed by atoms with Crippen LogP contribution in [0, 0.1) is 30.6 Å². The van der Waals surface area contributed by atoms with Crippen LogP contribution in [-0.4, -0.2) is 53.0 Å². The molecule has 3 aromatic rings. The number of rotatable bonds is 14. The van der Waals surface area contributed by atoms with Gasteiger partial charge in [-0.2, -0.15) is 0 Å². The maximum absolute atomic E-state index is 11.3. The van der Waals surface area contributed by atoms with E-state index in [9.17, 15) is 14.7 Å². The van der Waals surface area contributed by atoms with E-state index in [1.807, 2.05) is 91.9 Å². The van der Waals surface area contributed by atoms with Crippen molar-refractivity contribution < 1.29 is 29.3 Å². The first-order chi connectivity index (χ1) is 21.3. The minimum atomic E-state index is -0.996. The number of hydrogen-bond donors (Lipinski definition) is 2. The fourth-order valence-electron chi connectivity index (χ4n) is 3.76. The molecule has 0 aliphatic rings. The van der Waals surface area contributed by atoms with E-state index >= 15 is 0 Å². The van der Waals surface area contributed by atoms with Crippen molar-refractivity contribution >= 4 is 35.5 Å². The van der Waals surface area contributed by atoms with Crippen molar-refractivity contribution in [1.29, 1.82) is 0 Å². The summed E-state index contributed by atoms with van der Waals surface area (Å²) >= 11 is 3.34. The van der Waals surface area contributed by atoms with Gasteiger partial charge in [-0.3, -0.25) is 0 Å². The molecule has 3 rings (SSSR count). The Balaban J connectivity index is 1.37. The van der Waals surface area contributed by atoms with E-state index in [0.717, 1.165) is 43.6 Å². The zero-order chi connectivity index (χ0) is 31.6. The van der Waals surface area contributed by atoms with E-state index in [0.29, 0.717) is 18.8 Å². The molecule has 0 spiro atoms. The van der Waals surface area contributed by atoms with Crippen LogP contribution in [0.5, 0.6) is 5.75 Å². The lowest BCUT2D eigenvalue weighted by atomic mass is 10.1. The van der Waals surface area contributed by atoms with Gasteiger partial charge in [-0.15, -0.1) is 23.5 Å². The average molecular weight is 627 g/mol. The number of ether oxygens (including phenoxy) is 2. The van der Waals surface area contributed by atoms with Crippen molar-refractivity contribution in [3.63, 3.8) is 0 Å². The Kier molecular flexibility index (Phi) is 14.8. The van der Waals surface area contributed by atoms with Crippen LogP contribution in [0.4, 0.5) is 0 Å². The van der Waals surface area contributed by atoms with E-state index in [1.165, 1.54) is 0 Å². The number of carbonyl (C=O) groups is 2. The Morgan fingerprint density at radius 2 is 1.41 bits per heavy atom. The number of allylic oxidation sites excluding steroid dienone is 2. The third-order valence-corrected chi connectivity index (χ3v) is 7.81. The van der Waals surface area contributed by atoms with Crippen molar-refractivity contribution in [2.75, 3.05) is 24.7 Å². The number of carboxylic acid groups (broad SMARTS) is 2. The molecule has 0 amide bonds. The fourth-order valence-corrected chi connectivity index (χ4v) is 5.28. The lowest BCUT2D eigenvalue weighted by molar-refractivity contribution is -0.150. The zero-order valence-corrected chi connectivity index (χ0v) is 26.3. The van der Waals surface area contributed by atoms with E-state index in [4.69, 9.17) is 14.6 Å². The SMILES string of the molecule is CCOC(Cc1ccc(SCC=CC#Cc2ccc(C#CC=CCSc3ccc(OCC(=O)O)c(C)c3)cc2)cc1)C(=O)O. The minimum absolute atomic E-state index is 0.349. The van der Waals surface area contributed by atoms with Crippen LogP contribution >= 0.6 is 23.5 Å². The molecule has 0 heterocycles. The van der Waals surface area contributed by atoms with Crippen LogP contribution in [0.2, 0.25) is 0 Å². The first kappa shape index (κ1) is 34.2. The highest BCUT2D eigenvalue weighted by atomic mass is 32.2. The Labute approximate surface area is 267 Å². The summed E-state index contributed by atoms with van der Waals surface area (Å²) in [5.74, 6) is 12.6. The van der Waals surface area contributed by atoms with Gasteiger partial charge >= 0.3 is 11.9 Å². The van der Waals surface area contributed by atoms with Gasteiger partial charge in [0.15, 0.2) is 12.7 Å². The van der Waals surface area contributed by atoms with Crippen LogP contribution in [0.25, 0.3) is 0 Å². The molecular weight excluding hydrogens is 593 g/mol. The van der Waals surface area contributed by atoms with Gasteiger partial charge in [0, 0.05) is 45.5 Å². The van der Waals surface area contributed by atoms with Gasteiger partial charge in [-0.25, -0.2) is 9.59 Å². The summed E-state index contributed by atoms with van der Waals surface area (Å²) in [5, 5.41) is 18.0. The molecule has 0 aromatic heterocycles. The van der Waals surface area contributed by atoms with E-state index in [-0.39, 0.29) is 6.61 Å². The second kappa shape index (κ2) is 19.0. The second-order valence-corrected chi connectivity index (χ2v) is 11.5. The Hall–Kier alpha value is -4.34. The summed E-state index contributed by atoms with van der Waals surface area (Å²) in [4.78, 5) is 24.1. The number of benzene rings is 3. The summed E-state index contributed by atoms with van der Waals surface area (Å²) in [6.07, 6.45) is 7.23. The number of carboxylic acids is 2. The van der Waals surface area contributed by atoms with Gasteiger partial charge in [-0.1, -0.05) is 48.0 Å². The molecule has 0 fully saturated rings. The predicted molar refractivity (Wildman–Crippen MR) is 177 cm³/mol. The standard InChI is InChI=1S/C36H34O6S2/c1-3-41-34(36(39)40)25-30-16-18-31(19-17-30)43-22-8-4-6-10-28-12-14-29(15-13-28)11-7-5-9-23-44-32-20-21-33(27(2)24-32)42-26-35(37)38/h4-5,8-9,12-21,24,34H,3,22-23,25-26H2,1-2H3,(H,37,38)(H,39,40). The molecule has 226 valence electrons. The number of hydrogen-bond acceptors (Lipinski definition) is 6. The first-order valence-corrected chi connectivity index (χ1v) is 15.9. The summed E-state index contributed by atoms with van der Waals surface area (Å²) in [6.45, 7) is 3.71. The van der Waals surface area contributed by atoms with Crippen LogP contribution in [0.15, 0.2) is 101 Å². The molecule has 0 saturated carbocycles. The molecule has 0 saturated heterocycles. The lowest BCUT2D eigenvalue weighted by Gasteiger charge is -2.12. The Morgan fingerprint density at radius 1 is 0.841 bits per heavy atom. The number of thioether (sulfide) groups is 2. The quantitative estimate of drug-likeness (QED) is 0.148. The van der Waals surface area contributed by atoms with Crippen LogP contribution in [0.3, 0.4) is 0 Å². The Morgan fingerprint density at radius 3 is 1.93 bits per heavy atom. The van der Waals surface area contributed by atoms with Gasteiger partial charge in [-0.05, 0) is 91.7 Å². The monoisotopic (exact) mass is 626 g/mol. The molecule has 0 bridgehead atoms. The highest BCUT2D eigenvalue weighted by Crippen LogP contribution is 2.25. The first-order valence-electron chi connectivity index (χ1n) is 13.9. The topological polar surface area (TPSA) is 93.1 Å². The summed E-state index contributed by atoms with van der Waals surface area (Å²) in [5.41, 5.74) is 3.66. The largest absolute Gasteiger partial charge is 0.482 e. The van der Waals surface area contributed by atoms with Crippen LogP contribution in [-0.2, 0) is 20.7 Å². The smallest absolute Gasteiger partial charge is 0.341 e. The summed E-state index contributed by atoms with van der Waals surface area (Å²) < 4.78 is 10.5. The minimum Gasteiger partial charge on any atom is -0.482 e. The molecule has 0 aliphatic heterocycles. The van der Waals surface area contributed by atoms with Gasteiger partial charge in [0.1, 0.15) is 5.75 Å². The fraction of sp³-hybridized carbons (Fsp3) is 0.222. The van der Waals surface area contributed by atoms with E-state index in [2.05, 4.69) is 23.7 Å². The Bertz CT molecular complexity index is 1570. The van der Waals surface area contributed by atoms with Gasteiger partial charge in [0.2, 0.25) is 0 Å². The number of aryl methyl sites for hydroxylation is 1. The molecule has 1 atom stereocenters. The molecule has 8 heteroatoms. The summed E-state index contributed by atoms with van der Waals surface area (Å²) in [7, 11) is 0. The maximum atomic E-state index is 11.3. The molecule has 3 aromatic carbocycles. The molecule has 44 heavy (non-hydrogen) atoms. The van der Waals surface area contributed by atoms with Crippen molar-refractivity contribution in [2.24, 2.45) is 0 Å². The van der Waals surface area contributed by atoms with E-state index < -0.39 is 18.0 Å². The second-order valence-electron chi connectivity index (χ2n) is 9.28. The molecule has 0 radical (unpaired) electrons. The van der Waals surface area contributed by atoms with Crippen LogP contribution in [0.1, 0.15) is 29.2 Å². The van der Waals surface area contributed by atoms with Gasteiger partial charge in [0.05, 0.1) is 0 Å².